The Labute approximate surface area is 200 Å². The number of hydrogen-bond donors (Lipinski definition) is 3. The van der Waals surface area contributed by atoms with E-state index in [0.29, 0.717) is 0 Å². The van der Waals surface area contributed by atoms with Gasteiger partial charge in [0.25, 0.3) is 5.76 Å². The summed E-state index contributed by atoms with van der Waals surface area (Å²) in [7, 11) is 0. The number of benzene rings is 2. The number of fused-ring (bicyclic) bond motifs is 1. The number of hydrogen-bond acceptors (Lipinski definition) is 5. The fraction of sp³-hybridized carbons (Fsp3) is 0.400. The van der Waals surface area contributed by atoms with E-state index < -0.39 is 23.1 Å². The lowest BCUT2D eigenvalue weighted by Gasteiger charge is -2.29. The van der Waals surface area contributed by atoms with Gasteiger partial charge in [-0.25, -0.2) is 0 Å². The maximum absolute atomic E-state index is 14.1. The SMILES string of the molecule is CCOc1ccccc1Oc1c(C(F)(F)F)oc2c(C[NH+]3CC[NH+](CC)CC3)c(O)ccc2c1=O. The van der Waals surface area contributed by atoms with Crippen LogP contribution in [0.4, 0.5) is 13.2 Å². The van der Waals surface area contributed by atoms with Crippen LogP contribution in [0.15, 0.2) is 45.6 Å². The summed E-state index contributed by atoms with van der Waals surface area (Å²) < 4.78 is 58.4. The Balaban J connectivity index is 1.81. The molecular formula is C25H29F3N2O5+2. The molecule has 1 fully saturated rings. The molecule has 4 rings (SSSR count). The van der Waals surface area contributed by atoms with Crippen LogP contribution in [0, 0.1) is 0 Å². The molecule has 0 spiro atoms. The number of nitrogens with one attached hydrogen (secondary N) is 2. The Morgan fingerprint density at radius 2 is 1.66 bits per heavy atom. The van der Waals surface area contributed by atoms with E-state index in [4.69, 9.17) is 13.9 Å². The van der Waals surface area contributed by atoms with Crippen molar-refractivity contribution in [3.8, 4) is 23.0 Å². The Bertz CT molecular complexity index is 1250. The molecule has 1 aliphatic heterocycles. The molecule has 0 radical (unpaired) electrons. The molecule has 3 N–H and O–H groups in total. The van der Waals surface area contributed by atoms with E-state index in [1.165, 1.54) is 29.2 Å². The lowest BCUT2D eigenvalue weighted by molar-refractivity contribution is -1.02. The number of quaternary nitrogens is 2. The van der Waals surface area contributed by atoms with Crippen LogP contribution in [0.1, 0.15) is 25.2 Å². The zero-order chi connectivity index (χ0) is 25.2. The average molecular weight is 495 g/mol. The summed E-state index contributed by atoms with van der Waals surface area (Å²) in [6, 6.07) is 8.73. The lowest BCUT2D eigenvalue weighted by atomic mass is 10.1. The Kier molecular flexibility index (Phi) is 7.23. The van der Waals surface area contributed by atoms with E-state index in [2.05, 4.69) is 6.92 Å². The summed E-state index contributed by atoms with van der Waals surface area (Å²) in [6.45, 7) is 8.78. The number of phenols is 1. The van der Waals surface area contributed by atoms with Gasteiger partial charge in [0.2, 0.25) is 11.2 Å². The highest BCUT2D eigenvalue weighted by atomic mass is 19.4. The predicted molar refractivity (Wildman–Crippen MR) is 122 cm³/mol. The number of piperazine rings is 1. The van der Waals surface area contributed by atoms with Crippen molar-refractivity contribution in [2.45, 2.75) is 26.6 Å². The summed E-state index contributed by atoms with van der Waals surface area (Å²) in [6.07, 6.45) is -5.01. The molecule has 0 unspecified atom stereocenters. The fourth-order valence-corrected chi connectivity index (χ4v) is 4.39. The van der Waals surface area contributed by atoms with Gasteiger partial charge in [-0.15, -0.1) is 0 Å². The van der Waals surface area contributed by atoms with E-state index in [0.717, 1.165) is 37.6 Å². The van der Waals surface area contributed by atoms with Gasteiger partial charge in [0.1, 0.15) is 38.5 Å². The maximum Gasteiger partial charge on any atom is 0.453 e. The first kappa shape index (κ1) is 24.9. The summed E-state index contributed by atoms with van der Waals surface area (Å²) in [5.41, 5.74) is -1.06. The Morgan fingerprint density at radius 1 is 1.00 bits per heavy atom. The van der Waals surface area contributed by atoms with Crippen LogP contribution < -0.4 is 24.7 Å². The number of para-hydroxylation sites is 2. The summed E-state index contributed by atoms with van der Waals surface area (Å²) in [5.74, 6) is -2.57. The highest BCUT2D eigenvalue weighted by molar-refractivity contribution is 5.83. The van der Waals surface area contributed by atoms with Crippen LogP contribution in [0.25, 0.3) is 11.0 Å². The van der Waals surface area contributed by atoms with E-state index >= 15 is 0 Å². The molecule has 10 heteroatoms. The lowest BCUT2D eigenvalue weighted by Crippen LogP contribution is -3.27. The van der Waals surface area contributed by atoms with Crippen LogP contribution in [-0.4, -0.2) is 44.4 Å². The van der Waals surface area contributed by atoms with Gasteiger partial charge in [-0.1, -0.05) is 12.1 Å². The van der Waals surface area contributed by atoms with Crippen LogP contribution in [0.5, 0.6) is 23.0 Å². The third kappa shape index (κ3) is 5.23. The number of halogens is 3. The van der Waals surface area contributed by atoms with Crippen LogP contribution in [0.2, 0.25) is 0 Å². The molecule has 1 aromatic heterocycles. The molecule has 0 saturated carbocycles. The van der Waals surface area contributed by atoms with Gasteiger partial charge in [-0.2, -0.15) is 13.2 Å². The molecule has 1 aliphatic rings. The highest BCUT2D eigenvalue weighted by Crippen LogP contribution is 2.41. The quantitative estimate of drug-likeness (QED) is 0.469. The second kappa shape index (κ2) is 10.2. The maximum atomic E-state index is 14.1. The third-order valence-corrected chi connectivity index (χ3v) is 6.31. The minimum atomic E-state index is -5.01. The number of likely N-dealkylation sites (N-methyl/N-ethyl adjacent to an activating group) is 1. The van der Waals surface area contributed by atoms with Crippen molar-refractivity contribution in [2.75, 3.05) is 39.3 Å². The van der Waals surface area contributed by atoms with Gasteiger partial charge in [0.05, 0.1) is 24.1 Å². The van der Waals surface area contributed by atoms with Crippen molar-refractivity contribution in [1.82, 2.24) is 0 Å². The summed E-state index contributed by atoms with van der Waals surface area (Å²) in [4.78, 5) is 15.8. The van der Waals surface area contributed by atoms with Crippen molar-refractivity contribution in [3.63, 3.8) is 0 Å². The third-order valence-electron chi connectivity index (χ3n) is 6.31. The minimum Gasteiger partial charge on any atom is -0.507 e. The first-order valence-corrected chi connectivity index (χ1v) is 11.7. The molecule has 0 atom stereocenters. The molecule has 188 valence electrons. The van der Waals surface area contributed by atoms with Gasteiger partial charge in [-0.3, -0.25) is 4.79 Å². The normalized spacial score (nSPS) is 18.5. The molecule has 2 heterocycles. The van der Waals surface area contributed by atoms with Crippen LogP contribution in [-0.2, 0) is 12.7 Å². The zero-order valence-electron chi connectivity index (χ0n) is 19.6. The smallest absolute Gasteiger partial charge is 0.453 e. The van der Waals surface area contributed by atoms with Gasteiger partial charge >= 0.3 is 6.18 Å². The second-order valence-corrected chi connectivity index (χ2v) is 8.54. The topological polar surface area (TPSA) is 77.8 Å². The average Bonchev–Trinajstić information content (AvgIpc) is 2.83. The number of alkyl halides is 3. The zero-order valence-corrected chi connectivity index (χ0v) is 19.6. The predicted octanol–water partition coefficient (Wildman–Crippen LogP) is 2.01. The molecule has 2 aromatic carbocycles. The molecule has 1 saturated heterocycles. The molecule has 35 heavy (non-hydrogen) atoms. The van der Waals surface area contributed by atoms with Crippen molar-refractivity contribution in [3.05, 3.63) is 57.9 Å². The molecule has 7 nitrogen and oxygen atoms in total. The largest absolute Gasteiger partial charge is 0.507 e. The number of aromatic hydroxyl groups is 1. The summed E-state index contributed by atoms with van der Waals surface area (Å²) >= 11 is 0. The Hall–Kier alpha value is -3.24. The first-order chi connectivity index (χ1) is 16.7. The van der Waals surface area contributed by atoms with Crippen molar-refractivity contribution < 1.29 is 42.0 Å². The molecule has 0 bridgehead atoms. The highest BCUT2D eigenvalue weighted by Gasteiger charge is 2.41. The van der Waals surface area contributed by atoms with Gasteiger partial charge in [-0.05, 0) is 38.1 Å². The van der Waals surface area contributed by atoms with Gasteiger partial charge in [0, 0.05) is 0 Å². The van der Waals surface area contributed by atoms with E-state index in [-0.39, 0.29) is 46.9 Å². The Morgan fingerprint density at radius 3 is 2.29 bits per heavy atom. The van der Waals surface area contributed by atoms with E-state index in [1.807, 2.05) is 0 Å². The van der Waals surface area contributed by atoms with E-state index in [1.54, 1.807) is 19.1 Å². The van der Waals surface area contributed by atoms with Crippen molar-refractivity contribution in [1.29, 1.82) is 0 Å². The molecular weight excluding hydrogens is 465 g/mol. The van der Waals surface area contributed by atoms with Crippen LogP contribution >= 0.6 is 0 Å². The summed E-state index contributed by atoms with van der Waals surface area (Å²) in [5, 5.41) is 10.4. The molecule has 0 aliphatic carbocycles. The number of ether oxygens (including phenoxy) is 2. The number of rotatable bonds is 7. The fourth-order valence-electron chi connectivity index (χ4n) is 4.39. The number of phenolic OH excluding ortho intramolecular Hbond substituents is 1. The van der Waals surface area contributed by atoms with Crippen molar-refractivity contribution >= 4 is 11.0 Å². The van der Waals surface area contributed by atoms with Crippen LogP contribution in [0.3, 0.4) is 0 Å². The molecule has 3 aromatic rings. The second-order valence-electron chi connectivity index (χ2n) is 8.54. The van der Waals surface area contributed by atoms with E-state index in [9.17, 15) is 23.1 Å². The molecule has 0 amide bonds. The minimum absolute atomic E-state index is 0.0359. The van der Waals surface area contributed by atoms with Gasteiger partial charge < -0.3 is 28.8 Å². The first-order valence-electron chi connectivity index (χ1n) is 11.7. The van der Waals surface area contributed by atoms with Crippen molar-refractivity contribution in [2.24, 2.45) is 0 Å². The standard InChI is InChI=1S/C25H27F3N2O5/c1-3-29-11-13-30(14-12-29)15-17-18(31)10-9-16-21(32)23(24(25(26,27)28)35-22(16)17)34-20-8-6-5-7-19(20)33-4-2/h5-10,31H,3-4,11-15H2,1-2H3/p+2. The monoisotopic (exact) mass is 494 g/mol. The van der Waals surface area contributed by atoms with Gasteiger partial charge in [0.15, 0.2) is 17.1 Å².